The predicted octanol–water partition coefficient (Wildman–Crippen LogP) is -0.727. The summed E-state index contributed by atoms with van der Waals surface area (Å²) in [6.45, 7) is 5.00. The van der Waals surface area contributed by atoms with Gasteiger partial charge in [-0.2, -0.15) is 0 Å². The fourth-order valence-electron chi connectivity index (χ4n) is 1.94. The summed E-state index contributed by atoms with van der Waals surface area (Å²) in [5, 5.41) is 21.0. The minimum Gasteiger partial charge on any atom is -0.395 e. The van der Waals surface area contributed by atoms with E-state index in [4.69, 9.17) is 10.2 Å². The van der Waals surface area contributed by atoms with Crippen molar-refractivity contribution in [3.05, 3.63) is 0 Å². The fourth-order valence-corrected chi connectivity index (χ4v) is 1.94. The van der Waals surface area contributed by atoms with Crippen molar-refractivity contribution in [3.8, 4) is 0 Å². The summed E-state index contributed by atoms with van der Waals surface area (Å²) in [5.41, 5.74) is 0. The van der Waals surface area contributed by atoms with Crippen LogP contribution in [0.2, 0.25) is 0 Å². The van der Waals surface area contributed by atoms with E-state index in [1.807, 2.05) is 0 Å². The van der Waals surface area contributed by atoms with E-state index in [1.165, 1.54) is 12.8 Å². The lowest BCUT2D eigenvalue weighted by Crippen LogP contribution is -2.32. The Labute approximate surface area is 85.9 Å². The van der Waals surface area contributed by atoms with E-state index in [1.54, 1.807) is 0 Å². The lowest BCUT2D eigenvalue weighted by atomic mass is 10.0. The molecule has 0 bridgehead atoms. The first-order valence-corrected chi connectivity index (χ1v) is 5.51. The van der Waals surface area contributed by atoms with E-state index < -0.39 is 0 Å². The van der Waals surface area contributed by atoms with E-state index in [0.29, 0.717) is 13.1 Å². The standard InChI is InChI=1S/C10H22N2O2/c13-7-5-12(6-8-14)4-2-10-1-3-11-9-10/h10-11,13-14H,1-9H2. The summed E-state index contributed by atoms with van der Waals surface area (Å²) in [6, 6.07) is 0. The minimum absolute atomic E-state index is 0.183. The van der Waals surface area contributed by atoms with Gasteiger partial charge in [0.1, 0.15) is 0 Å². The zero-order valence-corrected chi connectivity index (χ0v) is 8.78. The average molecular weight is 202 g/mol. The molecule has 1 rings (SSSR count). The van der Waals surface area contributed by atoms with Crippen LogP contribution in [0.5, 0.6) is 0 Å². The highest BCUT2D eigenvalue weighted by Gasteiger charge is 2.15. The van der Waals surface area contributed by atoms with Gasteiger partial charge in [0.05, 0.1) is 13.2 Å². The van der Waals surface area contributed by atoms with Crippen molar-refractivity contribution in [2.75, 3.05) is 45.9 Å². The largest absolute Gasteiger partial charge is 0.395 e. The van der Waals surface area contributed by atoms with Crippen molar-refractivity contribution in [1.82, 2.24) is 10.2 Å². The molecule has 0 aromatic heterocycles. The van der Waals surface area contributed by atoms with Crippen LogP contribution < -0.4 is 5.32 Å². The SMILES string of the molecule is OCCN(CCO)CCC1CCNC1. The first-order valence-electron chi connectivity index (χ1n) is 5.51. The molecule has 84 valence electrons. The highest BCUT2D eigenvalue weighted by molar-refractivity contribution is 4.72. The smallest absolute Gasteiger partial charge is 0.0558 e. The zero-order chi connectivity index (χ0) is 10.2. The zero-order valence-electron chi connectivity index (χ0n) is 8.78. The highest BCUT2D eigenvalue weighted by atomic mass is 16.3. The van der Waals surface area contributed by atoms with E-state index in [0.717, 1.165) is 25.6 Å². The summed E-state index contributed by atoms with van der Waals surface area (Å²) in [7, 11) is 0. The van der Waals surface area contributed by atoms with Gasteiger partial charge in [-0.1, -0.05) is 0 Å². The molecule has 0 spiro atoms. The normalized spacial score (nSPS) is 22.1. The maximum absolute atomic E-state index is 8.82. The molecule has 1 aliphatic rings. The fraction of sp³-hybridized carbons (Fsp3) is 1.00. The summed E-state index contributed by atoms with van der Waals surface area (Å²) in [4.78, 5) is 2.12. The molecule has 14 heavy (non-hydrogen) atoms. The molecule has 0 saturated carbocycles. The van der Waals surface area contributed by atoms with Crippen molar-refractivity contribution in [2.24, 2.45) is 5.92 Å². The maximum Gasteiger partial charge on any atom is 0.0558 e. The Morgan fingerprint density at radius 3 is 2.36 bits per heavy atom. The number of aliphatic hydroxyl groups excluding tert-OH is 2. The molecule has 0 radical (unpaired) electrons. The summed E-state index contributed by atoms with van der Waals surface area (Å²) in [6.07, 6.45) is 2.44. The number of nitrogens with zero attached hydrogens (tertiary/aromatic N) is 1. The van der Waals surface area contributed by atoms with Crippen LogP contribution in [0.15, 0.2) is 0 Å². The van der Waals surface area contributed by atoms with Crippen molar-refractivity contribution in [1.29, 1.82) is 0 Å². The number of hydrogen-bond donors (Lipinski definition) is 3. The van der Waals surface area contributed by atoms with Gasteiger partial charge in [-0.15, -0.1) is 0 Å². The van der Waals surface area contributed by atoms with Crippen LogP contribution in [-0.2, 0) is 0 Å². The van der Waals surface area contributed by atoms with Crippen molar-refractivity contribution in [2.45, 2.75) is 12.8 Å². The third-order valence-electron chi connectivity index (χ3n) is 2.85. The van der Waals surface area contributed by atoms with Gasteiger partial charge in [0.2, 0.25) is 0 Å². The molecule has 4 nitrogen and oxygen atoms in total. The first-order chi connectivity index (χ1) is 6.86. The van der Waals surface area contributed by atoms with Crippen LogP contribution in [0, 0.1) is 5.92 Å². The van der Waals surface area contributed by atoms with Crippen LogP contribution in [-0.4, -0.2) is 61.1 Å². The van der Waals surface area contributed by atoms with Crippen molar-refractivity contribution in [3.63, 3.8) is 0 Å². The Morgan fingerprint density at radius 1 is 1.14 bits per heavy atom. The van der Waals surface area contributed by atoms with Gasteiger partial charge in [-0.25, -0.2) is 0 Å². The molecular formula is C10H22N2O2. The van der Waals surface area contributed by atoms with E-state index >= 15 is 0 Å². The summed E-state index contributed by atoms with van der Waals surface area (Å²) >= 11 is 0. The van der Waals surface area contributed by atoms with E-state index in [2.05, 4.69) is 10.2 Å². The van der Waals surface area contributed by atoms with Gasteiger partial charge in [0.15, 0.2) is 0 Å². The predicted molar refractivity (Wildman–Crippen MR) is 56.2 cm³/mol. The van der Waals surface area contributed by atoms with Crippen LogP contribution in [0.3, 0.4) is 0 Å². The summed E-state index contributed by atoms with van der Waals surface area (Å²) < 4.78 is 0. The van der Waals surface area contributed by atoms with Crippen LogP contribution in [0.4, 0.5) is 0 Å². The topological polar surface area (TPSA) is 55.7 Å². The lowest BCUT2D eigenvalue weighted by molar-refractivity contribution is 0.155. The van der Waals surface area contributed by atoms with Crippen LogP contribution in [0.1, 0.15) is 12.8 Å². The van der Waals surface area contributed by atoms with Gasteiger partial charge < -0.3 is 15.5 Å². The summed E-state index contributed by atoms with van der Waals surface area (Å²) in [5.74, 6) is 0.787. The van der Waals surface area contributed by atoms with Crippen molar-refractivity contribution < 1.29 is 10.2 Å². The first kappa shape index (κ1) is 11.9. The lowest BCUT2D eigenvalue weighted by Gasteiger charge is -2.21. The molecule has 1 heterocycles. The Kier molecular flexibility index (Phi) is 6.10. The molecule has 0 amide bonds. The molecule has 1 fully saturated rings. The highest BCUT2D eigenvalue weighted by Crippen LogP contribution is 2.12. The average Bonchev–Trinajstić information content (AvgIpc) is 2.67. The number of aliphatic hydroxyl groups is 2. The van der Waals surface area contributed by atoms with Crippen LogP contribution in [0.25, 0.3) is 0 Å². The molecule has 1 unspecified atom stereocenters. The van der Waals surface area contributed by atoms with Crippen LogP contribution >= 0.6 is 0 Å². The number of nitrogens with one attached hydrogen (secondary N) is 1. The van der Waals surface area contributed by atoms with E-state index in [9.17, 15) is 0 Å². The Morgan fingerprint density at radius 2 is 1.86 bits per heavy atom. The van der Waals surface area contributed by atoms with Gasteiger partial charge in [-0.3, -0.25) is 4.90 Å². The number of rotatable bonds is 7. The van der Waals surface area contributed by atoms with Gasteiger partial charge in [-0.05, 0) is 38.4 Å². The van der Waals surface area contributed by atoms with E-state index in [-0.39, 0.29) is 13.2 Å². The van der Waals surface area contributed by atoms with Gasteiger partial charge >= 0.3 is 0 Å². The Bertz CT molecular complexity index is 132. The molecule has 1 saturated heterocycles. The minimum atomic E-state index is 0.183. The quantitative estimate of drug-likeness (QED) is 0.509. The molecule has 3 N–H and O–H groups in total. The van der Waals surface area contributed by atoms with Gasteiger partial charge in [0, 0.05) is 13.1 Å². The second-order valence-electron chi connectivity index (χ2n) is 3.94. The molecule has 0 aromatic carbocycles. The molecule has 0 aromatic rings. The maximum atomic E-state index is 8.82. The molecule has 0 aliphatic carbocycles. The van der Waals surface area contributed by atoms with Gasteiger partial charge in [0.25, 0.3) is 0 Å². The second-order valence-corrected chi connectivity index (χ2v) is 3.94. The molecule has 4 heteroatoms. The molecular weight excluding hydrogens is 180 g/mol. The third-order valence-corrected chi connectivity index (χ3v) is 2.85. The Hall–Kier alpha value is -0.160. The monoisotopic (exact) mass is 202 g/mol. The molecule has 1 aliphatic heterocycles. The second kappa shape index (κ2) is 7.17. The van der Waals surface area contributed by atoms with Crippen molar-refractivity contribution >= 4 is 0 Å². The number of hydrogen-bond acceptors (Lipinski definition) is 4. The third kappa shape index (κ3) is 4.37. The molecule has 1 atom stereocenters. The Balaban J connectivity index is 2.10.